The summed E-state index contributed by atoms with van der Waals surface area (Å²) in [4.78, 5) is 12.2. The smallest absolute Gasteiger partial charge is 0.185 e. The Labute approximate surface area is 124 Å². The molecule has 0 unspecified atom stereocenters. The first-order chi connectivity index (χ1) is 9.42. The monoisotopic (exact) mass is 272 g/mol. The molecule has 1 nitrogen and oxygen atoms in total. The third-order valence-corrected chi connectivity index (χ3v) is 4.10. The van der Waals surface area contributed by atoms with Gasteiger partial charge in [-0.2, -0.15) is 0 Å². The number of hydrogen-bond acceptors (Lipinski definition) is 1. The van der Waals surface area contributed by atoms with Crippen molar-refractivity contribution in [2.24, 2.45) is 5.41 Å². The van der Waals surface area contributed by atoms with Gasteiger partial charge < -0.3 is 0 Å². The van der Waals surface area contributed by atoms with E-state index in [1.165, 1.54) is 24.0 Å². The van der Waals surface area contributed by atoms with Crippen LogP contribution in [0.2, 0.25) is 0 Å². The van der Waals surface area contributed by atoms with Gasteiger partial charge in [-0.1, -0.05) is 57.6 Å². The molecule has 1 aliphatic rings. The van der Waals surface area contributed by atoms with E-state index < -0.39 is 0 Å². The van der Waals surface area contributed by atoms with Crippen molar-refractivity contribution >= 4 is 5.78 Å². The summed E-state index contributed by atoms with van der Waals surface area (Å²) in [5.74, 6) is 0.0649. The van der Waals surface area contributed by atoms with Crippen LogP contribution in [0.4, 0.5) is 0 Å². The fourth-order valence-corrected chi connectivity index (χ4v) is 2.85. The fraction of sp³-hybridized carbons (Fsp3) is 0.526. The van der Waals surface area contributed by atoms with Crippen molar-refractivity contribution in [1.82, 2.24) is 0 Å². The highest BCUT2D eigenvalue weighted by atomic mass is 16.1. The summed E-state index contributed by atoms with van der Waals surface area (Å²) < 4.78 is 0. The summed E-state index contributed by atoms with van der Waals surface area (Å²) in [5, 5.41) is 0. The lowest BCUT2D eigenvalue weighted by Gasteiger charge is -2.32. The molecule has 0 saturated carbocycles. The van der Waals surface area contributed by atoms with Crippen LogP contribution in [-0.4, -0.2) is 5.78 Å². The number of unbranched alkanes of at least 4 members (excludes halogenated alkanes) is 1. The Bertz CT molecular complexity index is 458. The Morgan fingerprint density at radius 2 is 2.10 bits per heavy atom. The minimum atomic E-state index is 0.0649. The highest BCUT2D eigenvalue weighted by Gasteiger charge is 2.26. The lowest BCUT2D eigenvalue weighted by molar-refractivity contribution is -0.111. The van der Waals surface area contributed by atoms with Crippen LogP contribution < -0.4 is 0 Å². The minimum Gasteiger partial charge on any atom is -0.289 e. The molecule has 0 spiro atoms. The molecular formula is C19H28O. The van der Waals surface area contributed by atoms with E-state index in [2.05, 4.69) is 34.3 Å². The van der Waals surface area contributed by atoms with E-state index >= 15 is 0 Å². The van der Waals surface area contributed by atoms with Crippen LogP contribution in [0.3, 0.4) is 0 Å². The van der Waals surface area contributed by atoms with Gasteiger partial charge in [0, 0.05) is 5.57 Å². The molecule has 0 N–H and O–H groups in total. The largest absolute Gasteiger partial charge is 0.289 e. The van der Waals surface area contributed by atoms with Crippen LogP contribution in [0.1, 0.15) is 59.8 Å². The van der Waals surface area contributed by atoms with Crippen LogP contribution in [0.5, 0.6) is 0 Å². The first-order valence-corrected chi connectivity index (χ1v) is 7.67. The molecule has 0 heterocycles. The first kappa shape index (κ1) is 16.7. The van der Waals surface area contributed by atoms with Gasteiger partial charge in [0.1, 0.15) is 0 Å². The number of rotatable bonds is 6. The number of ketones is 1. The molecule has 0 aliphatic heterocycles. The highest BCUT2D eigenvalue weighted by Crippen LogP contribution is 2.40. The van der Waals surface area contributed by atoms with Gasteiger partial charge in [-0.15, -0.1) is 0 Å². The number of carbonyl (C=O) groups is 1. The van der Waals surface area contributed by atoms with E-state index in [9.17, 15) is 4.79 Å². The Kier molecular flexibility index (Phi) is 6.19. The fourth-order valence-electron chi connectivity index (χ4n) is 2.85. The van der Waals surface area contributed by atoms with Gasteiger partial charge in [0.15, 0.2) is 5.78 Å². The molecule has 0 amide bonds. The van der Waals surface area contributed by atoms with Gasteiger partial charge in [-0.05, 0) is 49.7 Å². The maximum absolute atomic E-state index is 12.2. The van der Waals surface area contributed by atoms with Crippen LogP contribution in [0, 0.1) is 5.41 Å². The van der Waals surface area contributed by atoms with Gasteiger partial charge in [-0.25, -0.2) is 0 Å². The van der Waals surface area contributed by atoms with Crippen LogP contribution in [0.15, 0.2) is 47.6 Å². The molecule has 0 saturated heterocycles. The normalized spacial score (nSPS) is 19.5. The molecule has 0 aromatic heterocycles. The van der Waals surface area contributed by atoms with Crippen molar-refractivity contribution < 1.29 is 4.79 Å². The zero-order valence-electron chi connectivity index (χ0n) is 13.5. The standard InChI is InChI=1S/C19H28O/c1-6-8-11-16(7-2)18(20)13-12-17-15(3)10-9-14-19(17,4)5/h7,11-13H,2,6,8-10,14H2,1,3-5H3/b13-12+,16-11-. The molecule has 20 heavy (non-hydrogen) atoms. The van der Waals surface area contributed by atoms with Gasteiger partial charge >= 0.3 is 0 Å². The van der Waals surface area contributed by atoms with E-state index in [0.29, 0.717) is 0 Å². The van der Waals surface area contributed by atoms with Crippen molar-refractivity contribution in [3.05, 3.63) is 47.6 Å². The van der Waals surface area contributed by atoms with E-state index in [0.717, 1.165) is 24.8 Å². The Balaban J connectivity index is 2.91. The quantitative estimate of drug-likeness (QED) is 0.457. The molecular weight excluding hydrogens is 244 g/mol. The maximum atomic E-state index is 12.2. The number of hydrogen-bond donors (Lipinski definition) is 0. The number of carbonyl (C=O) groups excluding carboxylic acids is 1. The summed E-state index contributed by atoms with van der Waals surface area (Å²) in [6.45, 7) is 12.6. The summed E-state index contributed by atoms with van der Waals surface area (Å²) in [6.07, 6.45) is 12.9. The van der Waals surface area contributed by atoms with Crippen molar-refractivity contribution in [2.45, 2.75) is 59.8 Å². The van der Waals surface area contributed by atoms with Crippen molar-refractivity contribution in [3.63, 3.8) is 0 Å². The molecule has 0 bridgehead atoms. The lowest BCUT2D eigenvalue weighted by Crippen LogP contribution is -2.19. The van der Waals surface area contributed by atoms with E-state index in [1.54, 1.807) is 12.2 Å². The molecule has 0 atom stereocenters. The van der Waals surface area contributed by atoms with Crippen molar-refractivity contribution in [2.75, 3.05) is 0 Å². The second-order valence-corrected chi connectivity index (χ2v) is 6.28. The second kappa shape index (κ2) is 7.42. The summed E-state index contributed by atoms with van der Waals surface area (Å²) in [7, 11) is 0. The molecule has 0 aromatic carbocycles. The third kappa shape index (κ3) is 4.33. The highest BCUT2D eigenvalue weighted by molar-refractivity contribution is 6.06. The summed E-state index contributed by atoms with van der Waals surface area (Å²) >= 11 is 0. The van der Waals surface area contributed by atoms with E-state index in [1.807, 2.05) is 12.2 Å². The molecule has 0 radical (unpaired) electrons. The zero-order chi connectivity index (χ0) is 15.2. The maximum Gasteiger partial charge on any atom is 0.185 e. The van der Waals surface area contributed by atoms with Crippen molar-refractivity contribution in [3.8, 4) is 0 Å². The second-order valence-electron chi connectivity index (χ2n) is 6.28. The average molecular weight is 272 g/mol. The molecule has 1 heteroatoms. The molecule has 0 fully saturated rings. The van der Waals surface area contributed by atoms with E-state index in [-0.39, 0.29) is 11.2 Å². The first-order valence-electron chi connectivity index (χ1n) is 7.67. The minimum absolute atomic E-state index is 0.0649. The summed E-state index contributed by atoms with van der Waals surface area (Å²) in [5.41, 5.74) is 3.65. The van der Waals surface area contributed by atoms with Crippen molar-refractivity contribution in [1.29, 1.82) is 0 Å². The topological polar surface area (TPSA) is 17.1 Å². The zero-order valence-corrected chi connectivity index (χ0v) is 13.5. The lowest BCUT2D eigenvalue weighted by atomic mass is 9.72. The van der Waals surface area contributed by atoms with Gasteiger partial charge in [-0.3, -0.25) is 4.79 Å². The third-order valence-electron chi connectivity index (χ3n) is 4.10. The molecule has 110 valence electrons. The Morgan fingerprint density at radius 1 is 1.40 bits per heavy atom. The predicted octanol–water partition coefficient (Wildman–Crippen LogP) is 5.55. The van der Waals surface area contributed by atoms with Crippen LogP contribution in [0.25, 0.3) is 0 Å². The molecule has 1 aliphatic carbocycles. The van der Waals surface area contributed by atoms with Crippen LogP contribution in [-0.2, 0) is 4.79 Å². The molecule has 0 aromatic rings. The van der Waals surface area contributed by atoms with Crippen LogP contribution >= 0.6 is 0 Å². The molecule has 1 rings (SSSR count). The Morgan fingerprint density at radius 3 is 2.65 bits per heavy atom. The number of allylic oxidation sites excluding steroid dienone is 7. The SMILES string of the molecule is C=C/C(=C/CCC)C(=O)/C=C/C1=C(C)CCCC1(C)C. The van der Waals surface area contributed by atoms with Gasteiger partial charge in [0.25, 0.3) is 0 Å². The Hall–Kier alpha value is -1.37. The van der Waals surface area contributed by atoms with Gasteiger partial charge in [0.05, 0.1) is 0 Å². The van der Waals surface area contributed by atoms with E-state index in [4.69, 9.17) is 0 Å². The summed E-state index contributed by atoms with van der Waals surface area (Å²) in [6, 6.07) is 0. The average Bonchev–Trinajstić information content (AvgIpc) is 2.38. The van der Waals surface area contributed by atoms with Gasteiger partial charge in [0.2, 0.25) is 0 Å². The predicted molar refractivity (Wildman–Crippen MR) is 87.7 cm³/mol.